The number of nitriles is 1. The van der Waals surface area contributed by atoms with E-state index >= 15 is 0 Å². The maximum atomic E-state index is 9.33. The van der Waals surface area contributed by atoms with Crippen molar-refractivity contribution in [1.82, 2.24) is 5.32 Å². The van der Waals surface area contributed by atoms with Gasteiger partial charge in [0.15, 0.2) is 0 Å². The SMILES string of the molecule is CC(C)NC(C)(C#N)CC(C)OCC1CCCCC1. The molecular formula is C16H30N2O. The van der Waals surface area contributed by atoms with Crippen LogP contribution in [0.1, 0.15) is 66.2 Å². The van der Waals surface area contributed by atoms with Gasteiger partial charge in [-0.05, 0) is 46.5 Å². The van der Waals surface area contributed by atoms with Crippen LogP contribution >= 0.6 is 0 Å². The lowest BCUT2D eigenvalue weighted by atomic mass is 9.90. The second-order valence-electron chi connectivity index (χ2n) is 6.60. The first kappa shape index (κ1) is 16.5. The van der Waals surface area contributed by atoms with Gasteiger partial charge in [0.05, 0.1) is 12.2 Å². The highest BCUT2D eigenvalue weighted by Gasteiger charge is 2.27. The van der Waals surface area contributed by atoms with Gasteiger partial charge in [0.25, 0.3) is 0 Å². The van der Waals surface area contributed by atoms with Crippen molar-refractivity contribution in [2.45, 2.75) is 83.9 Å². The molecule has 0 saturated heterocycles. The molecule has 0 aromatic heterocycles. The van der Waals surface area contributed by atoms with Crippen LogP contribution in [0.5, 0.6) is 0 Å². The molecule has 0 aliphatic heterocycles. The molecule has 0 radical (unpaired) electrons. The van der Waals surface area contributed by atoms with E-state index in [1.165, 1.54) is 32.1 Å². The third-order valence-corrected chi connectivity index (χ3v) is 3.89. The Balaban J connectivity index is 2.32. The van der Waals surface area contributed by atoms with Gasteiger partial charge in [-0.2, -0.15) is 5.26 Å². The molecule has 110 valence electrons. The second kappa shape index (κ2) is 7.87. The lowest BCUT2D eigenvalue weighted by Gasteiger charge is -2.30. The Bertz CT molecular complexity index is 292. The minimum absolute atomic E-state index is 0.137. The lowest BCUT2D eigenvalue weighted by Crippen LogP contribution is -2.47. The van der Waals surface area contributed by atoms with E-state index in [-0.39, 0.29) is 6.10 Å². The number of nitrogens with one attached hydrogen (secondary N) is 1. The quantitative estimate of drug-likeness (QED) is 0.765. The van der Waals surface area contributed by atoms with E-state index in [4.69, 9.17) is 4.74 Å². The third-order valence-electron chi connectivity index (χ3n) is 3.89. The predicted molar refractivity (Wildman–Crippen MR) is 78.9 cm³/mol. The van der Waals surface area contributed by atoms with Crippen LogP contribution in [0.3, 0.4) is 0 Å². The largest absolute Gasteiger partial charge is 0.378 e. The molecule has 1 aliphatic rings. The molecule has 0 aromatic carbocycles. The Hall–Kier alpha value is -0.590. The molecule has 3 nitrogen and oxygen atoms in total. The molecule has 0 spiro atoms. The smallest absolute Gasteiger partial charge is 0.106 e. The summed E-state index contributed by atoms with van der Waals surface area (Å²) < 4.78 is 5.97. The Kier molecular flexibility index (Phi) is 6.82. The monoisotopic (exact) mass is 266 g/mol. The molecule has 2 unspecified atom stereocenters. The summed E-state index contributed by atoms with van der Waals surface area (Å²) >= 11 is 0. The van der Waals surface area contributed by atoms with Crippen molar-refractivity contribution in [2.24, 2.45) is 5.92 Å². The molecule has 3 heteroatoms. The van der Waals surface area contributed by atoms with Gasteiger partial charge in [-0.25, -0.2) is 0 Å². The first-order valence-electron chi connectivity index (χ1n) is 7.76. The van der Waals surface area contributed by atoms with Crippen LogP contribution in [-0.2, 0) is 4.74 Å². The van der Waals surface area contributed by atoms with E-state index < -0.39 is 5.54 Å². The molecular weight excluding hydrogens is 236 g/mol. The van der Waals surface area contributed by atoms with Crippen molar-refractivity contribution in [1.29, 1.82) is 5.26 Å². The Morgan fingerprint density at radius 2 is 1.89 bits per heavy atom. The van der Waals surface area contributed by atoms with Crippen molar-refractivity contribution in [2.75, 3.05) is 6.61 Å². The number of hydrogen-bond donors (Lipinski definition) is 1. The molecule has 1 fully saturated rings. The van der Waals surface area contributed by atoms with E-state index in [2.05, 4.69) is 32.2 Å². The van der Waals surface area contributed by atoms with Crippen molar-refractivity contribution in [3.8, 4) is 6.07 Å². The highest BCUT2D eigenvalue weighted by Crippen LogP contribution is 2.25. The summed E-state index contributed by atoms with van der Waals surface area (Å²) in [6.45, 7) is 9.06. The maximum absolute atomic E-state index is 9.33. The highest BCUT2D eigenvalue weighted by molar-refractivity contribution is 5.05. The standard InChI is InChI=1S/C16H30N2O/c1-13(2)18-16(4,12-17)10-14(3)19-11-15-8-6-5-7-9-15/h13-15,18H,5-11H2,1-4H3. The van der Waals surface area contributed by atoms with Gasteiger partial charge in [-0.15, -0.1) is 0 Å². The van der Waals surface area contributed by atoms with Gasteiger partial charge in [0.1, 0.15) is 5.54 Å². The lowest BCUT2D eigenvalue weighted by molar-refractivity contribution is 0.0166. The molecule has 1 N–H and O–H groups in total. The molecule has 0 aromatic rings. The van der Waals surface area contributed by atoms with Gasteiger partial charge in [-0.1, -0.05) is 19.3 Å². The summed E-state index contributed by atoms with van der Waals surface area (Å²) in [6, 6.07) is 2.70. The summed E-state index contributed by atoms with van der Waals surface area (Å²) in [5.74, 6) is 0.739. The van der Waals surface area contributed by atoms with Gasteiger partial charge in [0, 0.05) is 19.1 Å². The fraction of sp³-hybridized carbons (Fsp3) is 0.938. The maximum Gasteiger partial charge on any atom is 0.106 e. The van der Waals surface area contributed by atoms with Crippen molar-refractivity contribution in [3.63, 3.8) is 0 Å². The minimum Gasteiger partial charge on any atom is -0.378 e. The zero-order valence-electron chi connectivity index (χ0n) is 13.0. The summed E-state index contributed by atoms with van der Waals surface area (Å²) in [7, 11) is 0. The summed E-state index contributed by atoms with van der Waals surface area (Å²) in [6.07, 6.45) is 7.60. The van der Waals surface area contributed by atoms with Gasteiger partial charge in [0.2, 0.25) is 0 Å². The molecule has 0 heterocycles. The average molecular weight is 266 g/mol. The Morgan fingerprint density at radius 3 is 2.42 bits per heavy atom. The zero-order chi connectivity index (χ0) is 14.3. The van der Waals surface area contributed by atoms with E-state index in [0.29, 0.717) is 6.04 Å². The van der Waals surface area contributed by atoms with Crippen LogP contribution in [0.4, 0.5) is 0 Å². The minimum atomic E-state index is -0.486. The van der Waals surface area contributed by atoms with Gasteiger partial charge >= 0.3 is 0 Å². The second-order valence-corrected chi connectivity index (χ2v) is 6.60. The van der Waals surface area contributed by atoms with Crippen LogP contribution in [0.15, 0.2) is 0 Å². The number of nitrogens with zero attached hydrogens (tertiary/aromatic N) is 1. The van der Waals surface area contributed by atoms with Crippen molar-refractivity contribution in [3.05, 3.63) is 0 Å². The molecule has 1 saturated carbocycles. The number of rotatable bonds is 7. The van der Waals surface area contributed by atoms with Crippen molar-refractivity contribution < 1.29 is 4.74 Å². The first-order valence-corrected chi connectivity index (χ1v) is 7.76. The number of ether oxygens (including phenoxy) is 1. The fourth-order valence-electron chi connectivity index (χ4n) is 3.06. The summed E-state index contributed by atoms with van der Waals surface area (Å²) in [5.41, 5.74) is -0.486. The van der Waals surface area contributed by atoms with Crippen LogP contribution < -0.4 is 5.32 Å². The predicted octanol–water partition coefficient (Wildman–Crippen LogP) is 3.64. The highest BCUT2D eigenvalue weighted by atomic mass is 16.5. The normalized spacial score (nSPS) is 21.9. The van der Waals surface area contributed by atoms with Crippen LogP contribution in [0.25, 0.3) is 0 Å². The number of hydrogen-bond acceptors (Lipinski definition) is 3. The fourth-order valence-corrected chi connectivity index (χ4v) is 3.06. The van der Waals surface area contributed by atoms with Gasteiger partial charge < -0.3 is 4.74 Å². The van der Waals surface area contributed by atoms with E-state index in [0.717, 1.165) is 18.9 Å². The third kappa shape index (κ3) is 6.40. The van der Waals surface area contributed by atoms with E-state index in [1.54, 1.807) is 0 Å². The van der Waals surface area contributed by atoms with Crippen LogP contribution in [-0.4, -0.2) is 24.3 Å². The van der Waals surface area contributed by atoms with Crippen LogP contribution in [0.2, 0.25) is 0 Å². The van der Waals surface area contributed by atoms with Gasteiger partial charge in [-0.3, -0.25) is 5.32 Å². The molecule has 2 atom stereocenters. The molecule has 1 rings (SSSR count). The average Bonchev–Trinajstić information content (AvgIpc) is 2.36. The first-order chi connectivity index (χ1) is 8.95. The molecule has 0 amide bonds. The summed E-state index contributed by atoms with van der Waals surface area (Å²) in [4.78, 5) is 0. The molecule has 1 aliphatic carbocycles. The summed E-state index contributed by atoms with van der Waals surface area (Å²) in [5, 5.41) is 12.7. The zero-order valence-corrected chi connectivity index (χ0v) is 13.0. The molecule has 19 heavy (non-hydrogen) atoms. The van der Waals surface area contributed by atoms with Crippen LogP contribution in [0, 0.1) is 17.2 Å². The van der Waals surface area contributed by atoms with E-state index in [1.807, 2.05) is 6.92 Å². The van der Waals surface area contributed by atoms with E-state index in [9.17, 15) is 5.26 Å². The Morgan fingerprint density at radius 1 is 1.26 bits per heavy atom. The topological polar surface area (TPSA) is 45.0 Å². The molecule has 0 bridgehead atoms. The Labute approximate surface area is 118 Å². The van der Waals surface area contributed by atoms with Crippen molar-refractivity contribution >= 4 is 0 Å².